The van der Waals surface area contributed by atoms with Gasteiger partial charge in [0.15, 0.2) is 11.5 Å². The summed E-state index contributed by atoms with van der Waals surface area (Å²) >= 11 is 0. The van der Waals surface area contributed by atoms with Gasteiger partial charge >= 0.3 is 11.9 Å². The first-order valence-corrected chi connectivity index (χ1v) is 10.9. The number of hydrogen-bond donors (Lipinski definition) is 4. The van der Waals surface area contributed by atoms with Gasteiger partial charge in [0, 0.05) is 22.9 Å². The molecule has 212 valence electrons. The first kappa shape index (κ1) is 34.4. The number of carbonyl (C=O) groups is 2. The zero-order valence-electron chi connectivity index (χ0n) is 20.5. The zero-order chi connectivity index (χ0) is 23.5. The summed E-state index contributed by atoms with van der Waals surface area (Å²) in [7, 11) is 2.19. The van der Waals surface area contributed by atoms with Crippen LogP contribution in [0.3, 0.4) is 0 Å². The molecule has 2 aromatic rings. The van der Waals surface area contributed by atoms with E-state index in [0.29, 0.717) is 17.7 Å². The molecule has 13 nitrogen and oxygen atoms in total. The highest BCUT2D eigenvalue weighted by Gasteiger charge is 2.64. The fourth-order valence-corrected chi connectivity index (χ4v) is 6.09. The number of ether oxygens (including phenoxy) is 1. The fraction of sp³-hybridized carbons (Fsp3) is 0.360. The second-order valence-corrected chi connectivity index (χ2v) is 9.09. The molecule has 14 N–H and O–H groups in total. The van der Waals surface area contributed by atoms with Gasteiger partial charge in [-0.15, -0.1) is 0 Å². The van der Waals surface area contributed by atoms with Crippen LogP contribution in [0.15, 0.2) is 48.6 Å². The topological polar surface area (TPSA) is 285 Å². The highest BCUT2D eigenvalue weighted by molar-refractivity contribution is 6.01. The molecule has 0 unspecified atom stereocenters. The molecule has 2 aliphatic carbocycles. The van der Waals surface area contributed by atoms with Crippen LogP contribution < -0.4 is 4.74 Å². The Kier molecular flexibility index (Phi) is 11.2. The van der Waals surface area contributed by atoms with E-state index in [1.54, 1.807) is 6.07 Å². The molecule has 13 heteroatoms. The predicted octanol–water partition coefficient (Wildman–Crippen LogP) is -1.84. The number of hydrogen-bond acceptors (Lipinski definition) is 6. The number of carboxylic acid groups (broad SMARTS) is 2. The number of phenols is 1. The Balaban J connectivity index is 0.000000715. The molecule has 38 heavy (non-hydrogen) atoms. The van der Waals surface area contributed by atoms with Crippen LogP contribution >= 0.6 is 0 Å². The van der Waals surface area contributed by atoms with E-state index in [0.717, 1.165) is 19.4 Å². The van der Waals surface area contributed by atoms with Gasteiger partial charge in [-0.3, -0.25) is 0 Å². The number of aliphatic hydroxyl groups excluding tert-OH is 1. The van der Waals surface area contributed by atoms with Gasteiger partial charge in [0.25, 0.3) is 0 Å². The number of benzene rings is 2. The number of carboxylic acids is 2. The number of aromatic hydroxyl groups is 1. The van der Waals surface area contributed by atoms with Crippen molar-refractivity contribution in [3.05, 3.63) is 70.8 Å². The molecular weight excluding hydrogens is 506 g/mol. The highest BCUT2D eigenvalue weighted by Crippen LogP contribution is 2.62. The summed E-state index contributed by atoms with van der Waals surface area (Å²) in [5.74, 6) is -1.27. The average Bonchev–Trinajstić information content (AvgIpc) is 3.15. The second-order valence-electron chi connectivity index (χ2n) is 9.09. The van der Waals surface area contributed by atoms with Crippen LogP contribution in [0.2, 0.25) is 0 Å². The van der Waals surface area contributed by atoms with Crippen molar-refractivity contribution in [2.75, 3.05) is 13.6 Å². The molecule has 2 bridgehead atoms. The molecule has 4 aliphatic rings. The number of aromatic carboxylic acids is 2. The predicted molar refractivity (Wildman–Crippen MR) is 136 cm³/mol. The SMILES string of the molecule is CN1CC[C@]23c4c5ccc(O)c4O[C@H]2[C@@H](O)C=C[C@H]3[C@H]1C5.O.O.O.O.O.O=C(O)c1ccccc1C(=O)O. The summed E-state index contributed by atoms with van der Waals surface area (Å²) in [6.45, 7) is 1.01. The lowest BCUT2D eigenvalue weighted by atomic mass is 9.53. The van der Waals surface area contributed by atoms with Crippen molar-refractivity contribution in [3.63, 3.8) is 0 Å². The molecule has 5 atom stereocenters. The fourth-order valence-electron chi connectivity index (χ4n) is 6.09. The average molecular weight is 542 g/mol. The maximum absolute atomic E-state index is 10.5. The first-order valence-electron chi connectivity index (χ1n) is 10.9. The Labute approximate surface area is 217 Å². The molecule has 2 aromatic carbocycles. The molecule has 1 saturated heterocycles. The van der Waals surface area contributed by atoms with Crippen molar-refractivity contribution >= 4 is 11.9 Å². The lowest BCUT2D eigenvalue weighted by Gasteiger charge is -2.56. The van der Waals surface area contributed by atoms with Crippen molar-refractivity contribution in [1.29, 1.82) is 0 Å². The summed E-state index contributed by atoms with van der Waals surface area (Å²) in [6, 6.07) is 9.70. The van der Waals surface area contributed by atoms with Gasteiger partial charge in [-0.2, -0.15) is 0 Å². The van der Waals surface area contributed by atoms with Gasteiger partial charge in [-0.05, 0) is 50.2 Å². The second kappa shape index (κ2) is 12.3. The van der Waals surface area contributed by atoms with Crippen LogP contribution in [0.5, 0.6) is 11.5 Å². The lowest BCUT2D eigenvalue weighted by Crippen LogP contribution is -2.64. The summed E-state index contributed by atoms with van der Waals surface area (Å²) < 4.78 is 6.09. The standard InChI is InChI=1S/C17H19NO3.C8H6O4.5H2O/c1-18-7-6-17-10-3-5-13(20)16(17)21-15-12(19)4-2-9(14(15)17)8-11(10)18;9-7(10)5-3-1-2-4-6(5)8(11)12;;;;;/h2-5,10-11,13,16,19-20H,6-8H2,1H3;1-4H,(H,9,10)(H,11,12);5*1H2/t10-,11+,13-,16-,17-;;;;;;/m0....../s1. The van der Waals surface area contributed by atoms with Crippen LogP contribution in [0.1, 0.15) is 38.3 Å². The molecule has 6 rings (SSSR count). The quantitative estimate of drug-likeness (QED) is 0.312. The van der Waals surface area contributed by atoms with Gasteiger partial charge in [0.05, 0.1) is 11.1 Å². The van der Waals surface area contributed by atoms with E-state index in [4.69, 9.17) is 14.9 Å². The van der Waals surface area contributed by atoms with Gasteiger partial charge in [-0.25, -0.2) is 9.59 Å². The molecular formula is C25H35NO12. The van der Waals surface area contributed by atoms with E-state index in [1.807, 2.05) is 12.1 Å². The van der Waals surface area contributed by atoms with Crippen LogP contribution in [0.4, 0.5) is 0 Å². The molecule has 0 amide bonds. The van der Waals surface area contributed by atoms with Gasteiger partial charge in [-0.1, -0.05) is 30.4 Å². The minimum atomic E-state index is -1.23. The van der Waals surface area contributed by atoms with Crippen LogP contribution in [-0.2, 0) is 11.8 Å². The molecule has 1 spiro atoms. The van der Waals surface area contributed by atoms with Gasteiger partial charge in [0.1, 0.15) is 12.2 Å². The molecule has 2 heterocycles. The largest absolute Gasteiger partial charge is 0.504 e. The monoisotopic (exact) mass is 541 g/mol. The Morgan fingerprint density at radius 2 is 1.53 bits per heavy atom. The molecule has 2 aliphatic heterocycles. The van der Waals surface area contributed by atoms with E-state index in [-0.39, 0.29) is 55.8 Å². The summed E-state index contributed by atoms with van der Waals surface area (Å²) in [6.07, 6.45) is 5.18. The Bertz CT molecular complexity index is 1150. The third-order valence-corrected chi connectivity index (χ3v) is 7.54. The van der Waals surface area contributed by atoms with Crippen LogP contribution in [0.25, 0.3) is 0 Å². The van der Waals surface area contributed by atoms with Crippen molar-refractivity contribution in [3.8, 4) is 11.5 Å². The minimum Gasteiger partial charge on any atom is -0.504 e. The summed E-state index contributed by atoms with van der Waals surface area (Å²) in [5.41, 5.74) is 1.91. The molecule has 0 radical (unpaired) electrons. The number of nitrogens with zero attached hydrogens (tertiary/aromatic N) is 1. The lowest BCUT2D eigenvalue weighted by molar-refractivity contribution is -0.0453. The van der Waals surface area contributed by atoms with Crippen molar-refractivity contribution in [1.82, 2.24) is 4.90 Å². The number of piperidine rings is 1. The minimum absolute atomic E-state index is 0. The van der Waals surface area contributed by atoms with Crippen molar-refractivity contribution < 1.29 is 62.1 Å². The third-order valence-electron chi connectivity index (χ3n) is 7.54. The van der Waals surface area contributed by atoms with Crippen LogP contribution in [-0.4, -0.2) is 96.5 Å². The summed E-state index contributed by atoms with van der Waals surface area (Å²) in [5, 5.41) is 37.8. The molecule has 0 saturated carbocycles. The molecule has 1 fully saturated rings. The number of likely N-dealkylation sites (N-methyl/N-ethyl adjacent to an activating group) is 1. The maximum Gasteiger partial charge on any atom is 0.336 e. The van der Waals surface area contributed by atoms with Gasteiger partial charge in [0.2, 0.25) is 0 Å². The van der Waals surface area contributed by atoms with E-state index >= 15 is 0 Å². The number of rotatable bonds is 2. The van der Waals surface area contributed by atoms with Crippen molar-refractivity contribution in [2.45, 2.75) is 36.5 Å². The maximum atomic E-state index is 10.5. The Morgan fingerprint density at radius 1 is 0.947 bits per heavy atom. The van der Waals surface area contributed by atoms with E-state index in [1.165, 1.54) is 35.4 Å². The van der Waals surface area contributed by atoms with Crippen molar-refractivity contribution in [2.24, 2.45) is 5.92 Å². The molecule has 0 aromatic heterocycles. The smallest absolute Gasteiger partial charge is 0.336 e. The van der Waals surface area contributed by atoms with E-state index in [9.17, 15) is 19.8 Å². The number of aliphatic hydroxyl groups is 1. The Hall–Kier alpha value is -3.56. The summed E-state index contributed by atoms with van der Waals surface area (Å²) in [4.78, 5) is 23.4. The first-order chi connectivity index (χ1) is 15.8. The third kappa shape index (κ3) is 4.83. The Morgan fingerprint density at radius 3 is 2.08 bits per heavy atom. The zero-order valence-corrected chi connectivity index (χ0v) is 20.5. The van der Waals surface area contributed by atoms with Crippen LogP contribution in [0, 0.1) is 5.92 Å². The van der Waals surface area contributed by atoms with Gasteiger partial charge < -0.3 is 57.4 Å². The van der Waals surface area contributed by atoms with E-state index < -0.39 is 18.0 Å². The number of likely N-dealkylation sites (tertiary alicyclic amines) is 1. The van der Waals surface area contributed by atoms with E-state index in [2.05, 4.69) is 18.0 Å². The number of phenolic OH excluding ortho intramolecular Hbond substituents is 1. The normalized spacial score (nSPS) is 26.5. The highest BCUT2D eigenvalue weighted by atomic mass is 16.5.